The zero-order chi connectivity index (χ0) is 15.4. The Morgan fingerprint density at radius 3 is 1.35 bits per heavy atom. The molecule has 1 saturated heterocycles. The Balaban J connectivity index is 0.000000493. The van der Waals surface area contributed by atoms with Crippen LogP contribution in [0.3, 0.4) is 0 Å². The maximum atomic E-state index is 10.6. The third kappa shape index (κ3) is 8.11. The van der Waals surface area contributed by atoms with Crippen LogP contribution in [0, 0.1) is 0 Å². The average Bonchev–Trinajstić information content (AvgIpc) is 2.52. The number of aliphatic hydroxyl groups excluding tert-OH is 2. The van der Waals surface area contributed by atoms with Gasteiger partial charge in [0, 0.05) is 0 Å². The van der Waals surface area contributed by atoms with Crippen molar-refractivity contribution in [1.29, 1.82) is 0 Å². The molecule has 0 saturated carbocycles. The van der Waals surface area contributed by atoms with Crippen LogP contribution >= 0.6 is 0 Å². The van der Waals surface area contributed by atoms with Gasteiger partial charge in [0.1, 0.15) is 0 Å². The molecular formula is C12H18O8. The summed E-state index contributed by atoms with van der Waals surface area (Å²) in [6.45, 7) is 3.11. The van der Waals surface area contributed by atoms with Gasteiger partial charge in [0.15, 0.2) is 0 Å². The highest BCUT2D eigenvalue weighted by molar-refractivity contribution is 5.88. The summed E-state index contributed by atoms with van der Waals surface area (Å²) in [5.41, 5.74) is 0. The number of hydrogen-bond donors (Lipinski definition) is 2. The van der Waals surface area contributed by atoms with Crippen molar-refractivity contribution in [3.8, 4) is 0 Å². The molecule has 8 heteroatoms. The Kier molecular flexibility index (Phi) is 9.71. The van der Waals surface area contributed by atoms with Gasteiger partial charge in [-0.3, -0.25) is 0 Å². The van der Waals surface area contributed by atoms with Crippen molar-refractivity contribution in [2.45, 2.75) is 0 Å². The Morgan fingerprint density at radius 1 is 0.850 bits per heavy atom. The van der Waals surface area contributed by atoms with Crippen LogP contribution in [0.1, 0.15) is 0 Å². The van der Waals surface area contributed by atoms with Crippen LogP contribution in [0.5, 0.6) is 0 Å². The number of carbonyl (C=O) groups is 2. The number of esters is 2. The predicted molar refractivity (Wildman–Crippen MR) is 67.1 cm³/mol. The van der Waals surface area contributed by atoms with Crippen LogP contribution in [0.4, 0.5) is 0 Å². The zero-order valence-corrected chi connectivity index (χ0v) is 11.3. The van der Waals surface area contributed by atoms with Gasteiger partial charge in [-0.1, -0.05) is 0 Å². The van der Waals surface area contributed by atoms with E-state index >= 15 is 0 Å². The molecule has 8 nitrogen and oxygen atoms in total. The van der Waals surface area contributed by atoms with E-state index in [0.29, 0.717) is 0 Å². The summed E-state index contributed by atoms with van der Waals surface area (Å²) in [7, 11) is 2.16. The van der Waals surface area contributed by atoms with Crippen molar-refractivity contribution in [3.05, 3.63) is 23.7 Å². The number of allylic oxidation sites excluding steroid dienone is 2. The molecule has 1 rings (SSSR count). The number of ether oxygens (including phenoxy) is 4. The van der Waals surface area contributed by atoms with Gasteiger partial charge in [0.25, 0.3) is 0 Å². The molecule has 20 heavy (non-hydrogen) atoms. The lowest BCUT2D eigenvalue weighted by Crippen LogP contribution is -2.16. The molecule has 1 fully saturated rings. The molecule has 0 aromatic carbocycles. The second-order valence-electron chi connectivity index (χ2n) is 3.31. The number of hydrogen-bond acceptors (Lipinski definition) is 8. The highest BCUT2D eigenvalue weighted by atomic mass is 16.6. The maximum Gasteiger partial charge on any atom is 0.373 e. The second-order valence-corrected chi connectivity index (χ2v) is 3.31. The van der Waals surface area contributed by atoms with E-state index in [2.05, 4.69) is 9.47 Å². The molecule has 2 N–H and O–H groups in total. The van der Waals surface area contributed by atoms with Gasteiger partial charge in [-0.15, -0.1) is 0 Å². The van der Waals surface area contributed by atoms with E-state index < -0.39 is 23.5 Å². The van der Waals surface area contributed by atoms with Crippen molar-refractivity contribution >= 4 is 11.9 Å². The van der Waals surface area contributed by atoms with E-state index in [1.54, 1.807) is 0 Å². The normalized spacial score (nSPS) is 15.7. The predicted octanol–water partition coefficient (Wildman–Crippen LogP) is 0.249. The fourth-order valence-electron chi connectivity index (χ4n) is 0.943. The highest BCUT2D eigenvalue weighted by Crippen LogP contribution is 1.97. The first-order chi connectivity index (χ1) is 9.52. The molecule has 0 spiro atoms. The van der Waals surface area contributed by atoms with Gasteiger partial charge < -0.3 is 29.2 Å². The highest BCUT2D eigenvalue weighted by Gasteiger charge is 2.08. The summed E-state index contributed by atoms with van der Waals surface area (Å²) in [4.78, 5) is 21.2. The average molecular weight is 290 g/mol. The van der Waals surface area contributed by atoms with Crippen molar-refractivity contribution < 1.29 is 38.7 Å². The van der Waals surface area contributed by atoms with Crippen LogP contribution in [0.2, 0.25) is 0 Å². The minimum Gasteiger partial charge on any atom is -0.502 e. The largest absolute Gasteiger partial charge is 0.502 e. The Labute approximate surface area is 116 Å². The monoisotopic (exact) mass is 290 g/mol. The fourth-order valence-corrected chi connectivity index (χ4v) is 0.943. The molecule has 0 aromatic rings. The zero-order valence-electron chi connectivity index (χ0n) is 11.3. The lowest BCUT2D eigenvalue weighted by atomic mass is 10.4. The number of rotatable bonds is 3. The second kappa shape index (κ2) is 10.8. The standard InChI is InChI=1S/C8H10O6.C4H8O2/c1-13-7(11)5(9)3-4-6(10)8(12)14-2;1-2-6-4-3-5-1/h3-4,9-10H,1-2H3;1-4H2/b5-3-,6-4-;. The third-order valence-electron chi connectivity index (χ3n) is 1.93. The van der Waals surface area contributed by atoms with E-state index in [0.717, 1.165) is 52.8 Å². The summed E-state index contributed by atoms with van der Waals surface area (Å²) >= 11 is 0. The van der Waals surface area contributed by atoms with E-state index in [9.17, 15) is 9.59 Å². The molecular weight excluding hydrogens is 272 g/mol. The van der Waals surface area contributed by atoms with E-state index in [1.807, 2.05) is 0 Å². The minimum absolute atomic E-state index is 0.733. The quantitative estimate of drug-likeness (QED) is 0.329. The molecule has 1 heterocycles. The van der Waals surface area contributed by atoms with Crippen LogP contribution in [-0.2, 0) is 28.5 Å². The molecule has 0 amide bonds. The lowest BCUT2D eigenvalue weighted by molar-refractivity contribution is -0.140. The number of methoxy groups -OCH3 is 2. The number of carbonyl (C=O) groups excluding carboxylic acids is 2. The van der Waals surface area contributed by atoms with E-state index in [1.165, 1.54) is 0 Å². The van der Waals surface area contributed by atoms with Crippen LogP contribution in [0.25, 0.3) is 0 Å². The molecule has 0 radical (unpaired) electrons. The molecule has 0 aliphatic carbocycles. The summed E-state index contributed by atoms with van der Waals surface area (Å²) in [6.07, 6.45) is 1.64. The summed E-state index contributed by atoms with van der Waals surface area (Å²) in [6, 6.07) is 0. The Bertz CT molecular complexity index is 326. The molecule has 0 bridgehead atoms. The minimum atomic E-state index is -0.973. The van der Waals surface area contributed by atoms with Crippen molar-refractivity contribution in [1.82, 2.24) is 0 Å². The first-order valence-corrected chi connectivity index (χ1v) is 5.65. The summed E-state index contributed by atoms with van der Waals surface area (Å²) < 4.78 is 18.2. The van der Waals surface area contributed by atoms with Crippen molar-refractivity contribution in [3.63, 3.8) is 0 Å². The van der Waals surface area contributed by atoms with Crippen LogP contribution < -0.4 is 0 Å². The van der Waals surface area contributed by atoms with Gasteiger partial charge in [-0.25, -0.2) is 9.59 Å². The SMILES string of the molecule is C1COCCO1.COC(=O)/C(O)=C/C=C(\O)C(=O)OC. The van der Waals surface area contributed by atoms with Gasteiger partial charge >= 0.3 is 11.9 Å². The first-order valence-electron chi connectivity index (χ1n) is 5.65. The topological polar surface area (TPSA) is 112 Å². The molecule has 1 aliphatic rings. The smallest absolute Gasteiger partial charge is 0.373 e. The van der Waals surface area contributed by atoms with Crippen molar-refractivity contribution in [2.75, 3.05) is 40.6 Å². The summed E-state index contributed by atoms with van der Waals surface area (Å²) in [5.74, 6) is -3.41. The van der Waals surface area contributed by atoms with Gasteiger partial charge in [-0.2, -0.15) is 0 Å². The lowest BCUT2D eigenvalue weighted by Gasteiger charge is -2.09. The molecule has 114 valence electrons. The van der Waals surface area contributed by atoms with Gasteiger partial charge in [-0.05, 0) is 12.2 Å². The Morgan fingerprint density at radius 2 is 1.15 bits per heavy atom. The molecule has 0 aromatic heterocycles. The molecule has 0 unspecified atom stereocenters. The molecule has 0 atom stereocenters. The van der Waals surface area contributed by atoms with Crippen molar-refractivity contribution in [2.24, 2.45) is 0 Å². The maximum absolute atomic E-state index is 10.6. The fraction of sp³-hybridized carbons (Fsp3) is 0.500. The summed E-state index contributed by atoms with van der Waals surface area (Å²) in [5, 5.41) is 17.8. The first kappa shape index (κ1) is 17.9. The van der Waals surface area contributed by atoms with Crippen LogP contribution in [-0.4, -0.2) is 62.8 Å². The number of aliphatic hydroxyl groups is 2. The third-order valence-corrected chi connectivity index (χ3v) is 1.93. The molecule has 1 aliphatic heterocycles. The van der Waals surface area contributed by atoms with Crippen LogP contribution in [0.15, 0.2) is 23.7 Å². The van der Waals surface area contributed by atoms with E-state index in [-0.39, 0.29) is 0 Å². The van der Waals surface area contributed by atoms with Gasteiger partial charge in [0.05, 0.1) is 40.6 Å². The van der Waals surface area contributed by atoms with E-state index in [4.69, 9.17) is 19.7 Å². The van der Waals surface area contributed by atoms with Gasteiger partial charge in [0.2, 0.25) is 11.5 Å². The Hall–Kier alpha value is -2.06.